The molecule has 0 N–H and O–H groups in total. The van der Waals surface area contributed by atoms with Gasteiger partial charge in [-0.2, -0.15) is 0 Å². The van der Waals surface area contributed by atoms with Gasteiger partial charge in [0.25, 0.3) is 0 Å². The molecule has 0 aliphatic heterocycles. The first-order valence-electron chi connectivity index (χ1n) is 4.96. The minimum Gasteiger partial charge on any atom is -0.241 e. The number of nitrogens with zero attached hydrogens (tertiary/aromatic N) is 2. The third-order valence-corrected chi connectivity index (χ3v) is 1.74. The SMILES string of the molecule is CCC.Cc1ncnc2ccccc12. The van der Waals surface area contributed by atoms with Crippen LogP contribution < -0.4 is 0 Å². The van der Waals surface area contributed by atoms with Gasteiger partial charge in [-0.25, -0.2) is 9.97 Å². The Hall–Kier alpha value is -1.44. The van der Waals surface area contributed by atoms with Crippen molar-refractivity contribution in [3.05, 3.63) is 36.3 Å². The summed E-state index contributed by atoms with van der Waals surface area (Å²) in [7, 11) is 0. The van der Waals surface area contributed by atoms with Crippen LogP contribution in [0.25, 0.3) is 10.9 Å². The van der Waals surface area contributed by atoms with Crippen LogP contribution >= 0.6 is 0 Å². The predicted octanol–water partition coefficient (Wildman–Crippen LogP) is 3.35. The van der Waals surface area contributed by atoms with E-state index in [2.05, 4.69) is 23.8 Å². The Balaban J connectivity index is 0.000000293. The molecule has 14 heavy (non-hydrogen) atoms. The van der Waals surface area contributed by atoms with Crippen LogP contribution in [0.2, 0.25) is 0 Å². The van der Waals surface area contributed by atoms with Gasteiger partial charge in [-0.05, 0) is 13.0 Å². The topological polar surface area (TPSA) is 25.8 Å². The number of hydrogen-bond acceptors (Lipinski definition) is 2. The van der Waals surface area contributed by atoms with Gasteiger partial charge in [0.15, 0.2) is 0 Å². The van der Waals surface area contributed by atoms with Gasteiger partial charge in [-0.3, -0.25) is 0 Å². The van der Waals surface area contributed by atoms with Crippen LogP contribution in [0.1, 0.15) is 26.0 Å². The van der Waals surface area contributed by atoms with Crippen LogP contribution in [0.5, 0.6) is 0 Å². The Bertz CT molecular complexity index is 391. The fourth-order valence-electron chi connectivity index (χ4n) is 1.14. The van der Waals surface area contributed by atoms with Crippen molar-refractivity contribution in [3.8, 4) is 0 Å². The highest BCUT2D eigenvalue weighted by Gasteiger charge is 1.94. The molecule has 1 heterocycles. The van der Waals surface area contributed by atoms with Crippen molar-refractivity contribution in [1.82, 2.24) is 9.97 Å². The van der Waals surface area contributed by atoms with Gasteiger partial charge in [-0.1, -0.05) is 38.5 Å². The third-order valence-electron chi connectivity index (χ3n) is 1.74. The first-order chi connectivity index (χ1) is 6.79. The van der Waals surface area contributed by atoms with E-state index >= 15 is 0 Å². The summed E-state index contributed by atoms with van der Waals surface area (Å²) in [6, 6.07) is 8.00. The monoisotopic (exact) mass is 188 g/mol. The van der Waals surface area contributed by atoms with Gasteiger partial charge in [0, 0.05) is 11.1 Å². The average Bonchev–Trinajstić information content (AvgIpc) is 2.20. The van der Waals surface area contributed by atoms with E-state index in [-0.39, 0.29) is 0 Å². The highest BCUT2D eigenvalue weighted by atomic mass is 14.8. The summed E-state index contributed by atoms with van der Waals surface area (Å²) in [4.78, 5) is 8.23. The number of fused-ring (bicyclic) bond motifs is 1. The van der Waals surface area contributed by atoms with Gasteiger partial charge in [0.1, 0.15) is 6.33 Å². The number of para-hydroxylation sites is 1. The second-order valence-electron chi connectivity index (χ2n) is 3.18. The molecule has 0 amide bonds. The Morgan fingerprint density at radius 1 is 1.07 bits per heavy atom. The van der Waals surface area contributed by atoms with Crippen LogP contribution in [0.15, 0.2) is 30.6 Å². The molecule has 74 valence electrons. The molecule has 0 saturated carbocycles. The van der Waals surface area contributed by atoms with Crippen LogP contribution in [0.3, 0.4) is 0 Å². The molecule has 0 bridgehead atoms. The van der Waals surface area contributed by atoms with E-state index in [0.717, 1.165) is 16.6 Å². The maximum Gasteiger partial charge on any atom is 0.116 e. The Labute approximate surface area is 85.0 Å². The number of rotatable bonds is 0. The molecule has 0 saturated heterocycles. The third kappa shape index (κ3) is 2.52. The van der Waals surface area contributed by atoms with Crippen LogP contribution in [-0.2, 0) is 0 Å². The fraction of sp³-hybridized carbons (Fsp3) is 0.333. The second-order valence-corrected chi connectivity index (χ2v) is 3.18. The molecule has 2 aromatic rings. The predicted molar refractivity (Wildman–Crippen MR) is 60.2 cm³/mol. The molecule has 2 heteroatoms. The summed E-state index contributed by atoms with van der Waals surface area (Å²) in [5, 5.41) is 1.13. The van der Waals surface area contributed by atoms with Crippen LogP contribution in [0.4, 0.5) is 0 Å². The first kappa shape index (κ1) is 10.6. The largest absolute Gasteiger partial charge is 0.241 e. The Kier molecular flexibility index (Phi) is 4.05. The lowest BCUT2D eigenvalue weighted by Crippen LogP contribution is -1.85. The molecule has 0 aliphatic carbocycles. The highest BCUT2D eigenvalue weighted by molar-refractivity contribution is 5.80. The molecular formula is C12H16N2. The second kappa shape index (κ2) is 5.32. The molecule has 2 rings (SSSR count). The van der Waals surface area contributed by atoms with E-state index in [0.29, 0.717) is 0 Å². The summed E-state index contributed by atoms with van der Waals surface area (Å²) >= 11 is 0. The number of aryl methyl sites for hydroxylation is 1. The van der Waals surface area contributed by atoms with Gasteiger partial charge < -0.3 is 0 Å². The van der Waals surface area contributed by atoms with Crippen molar-refractivity contribution in [3.63, 3.8) is 0 Å². The average molecular weight is 188 g/mol. The van der Waals surface area contributed by atoms with Gasteiger partial charge in [0.05, 0.1) is 5.52 Å². The minimum atomic E-state index is 1.01. The lowest BCUT2D eigenvalue weighted by Gasteiger charge is -1.96. The normalized spacial score (nSPS) is 9.36. The first-order valence-corrected chi connectivity index (χ1v) is 4.96. The summed E-state index contributed by atoms with van der Waals surface area (Å²) in [6.07, 6.45) is 2.84. The van der Waals surface area contributed by atoms with Crippen LogP contribution in [0, 0.1) is 6.92 Å². The number of aromatic nitrogens is 2. The quantitative estimate of drug-likeness (QED) is 0.633. The number of benzene rings is 1. The molecule has 2 nitrogen and oxygen atoms in total. The van der Waals surface area contributed by atoms with Gasteiger partial charge >= 0.3 is 0 Å². The van der Waals surface area contributed by atoms with Crippen LogP contribution in [-0.4, -0.2) is 9.97 Å². The maximum atomic E-state index is 4.13. The molecule has 1 aromatic carbocycles. The van der Waals surface area contributed by atoms with E-state index in [1.54, 1.807) is 6.33 Å². The smallest absolute Gasteiger partial charge is 0.116 e. The van der Waals surface area contributed by atoms with E-state index in [4.69, 9.17) is 0 Å². The van der Waals surface area contributed by atoms with E-state index in [9.17, 15) is 0 Å². The van der Waals surface area contributed by atoms with Crippen molar-refractivity contribution in [2.75, 3.05) is 0 Å². The molecule has 0 atom stereocenters. The standard InChI is InChI=1S/C9H8N2.C3H8/c1-7-8-4-2-3-5-9(8)11-6-10-7;1-3-2/h2-6H,1H3;3H2,1-2H3. The van der Waals surface area contributed by atoms with Crippen molar-refractivity contribution < 1.29 is 0 Å². The summed E-state index contributed by atoms with van der Waals surface area (Å²) in [5.74, 6) is 0. The lowest BCUT2D eigenvalue weighted by molar-refractivity contribution is 1.09. The van der Waals surface area contributed by atoms with Crippen molar-refractivity contribution in [2.24, 2.45) is 0 Å². The summed E-state index contributed by atoms with van der Waals surface area (Å²) in [6.45, 7) is 6.24. The van der Waals surface area contributed by atoms with Gasteiger partial charge in [0.2, 0.25) is 0 Å². The van der Waals surface area contributed by atoms with E-state index in [1.807, 2.05) is 31.2 Å². The van der Waals surface area contributed by atoms with Crippen molar-refractivity contribution in [1.29, 1.82) is 0 Å². The van der Waals surface area contributed by atoms with E-state index in [1.165, 1.54) is 6.42 Å². The molecular weight excluding hydrogens is 172 g/mol. The lowest BCUT2D eigenvalue weighted by atomic mass is 10.2. The van der Waals surface area contributed by atoms with Crippen molar-refractivity contribution in [2.45, 2.75) is 27.2 Å². The molecule has 0 unspecified atom stereocenters. The summed E-state index contributed by atoms with van der Waals surface area (Å²) in [5.41, 5.74) is 2.05. The molecule has 0 spiro atoms. The highest BCUT2D eigenvalue weighted by Crippen LogP contribution is 2.11. The van der Waals surface area contributed by atoms with Gasteiger partial charge in [-0.15, -0.1) is 0 Å². The Morgan fingerprint density at radius 3 is 2.36 bits per heavy atom. The zero-order valence-corrected chi connectivity index (χ0v) is 8.99. The van der Waals surface area contributed by atoms with Crippen molar-refractivity contribution >= 4 is 10.9 Å². The molecule has 1 aromatic heterocycles. The maximum absolute atomic E-state index is 4.13. The Morgan fingerprint density at radius 2 is 1.71 bits per heavy atom. The molecule has 0 aliphatic rings. The minimum absolute atomic E-state index is 1.01. The number of hydrogen-bond donors (Lipinski definition) is 0. The zero-order valence-electron chi connectivity index (χ0n) is 8.99. The fourth-order valence-corrected chi connectivity index (χ4v) is 1.14. The zero-order chi connectivity index (χ0) is 10.4. The van der Waals surface area contributed by atoms with E-state index < -0.39 is 0 Å². The molecule has 0 radical (unpaired) electrons. The molecule has 0 fully saturated rings. The summed E-state index contributed by atoms with van der Waals surface area (Å²) < 4.78 is 0.